The van der Waals surface area contributed by atoms with E-state index in [0.717, 1.165) is 23.6 Å². The number of hydrogen-bond acceptors (Lipinski definition) is 3. The molecule has 0 bridgehead atoms. The minimum absolute atomic E-state index is 0.129. The van der Waals surface area contributed by atoms with Gasteiger partial charge in [-0.25, -0.2) is 0 Å². The first kappa shape index (κ1) is 16.3. The maximum atomic E-state index is 5.52. The second-order valence-electron chi connectivity index (χ2n) is 5.54. The molecule has 0 amide bonds. The van der Waals surface area contributed by atoms with Gasteiger partial charge in [-0.2, -0.15) is 0 Å². The summed E-state index contributed by atoms with van der Waals surface area (Å²) in [7, 11) is 1.64. The van der Waals surface area contributed by atoms with Crippen LogP contribution in [0.15, 0.2) is 36.9 Å². The fourth-order valence-corrected chi connectivity index (χ4v) is 1.62. The molecule has 0 aliphatic heterocycles. The van der Waals surface area contributed by atoms with E-state index in [-0.39, 0.29) is 5.54 Å². The van der Waals surface area contributed by atoms with E-state index in [1.54, 1.807) is 13.2 Å². The van der Waals surface area contributed by atoms with Crippen molar-refractivity contribution in [3.05, 3.63) is 42.5 Å². The number of ether oxygens (including phenoxy) is 2. The number of methoxy groups -OCH3 is 1. The highest BCUT2D eigenvalue weighted by Gasteiger charge is 2.06. The van der Waals surface area contributed by atoms with Crippen LogP contribution in [0.2, 0.25) is 0 Å². The van der Waals surface area contributed by atoms with Crippen molar-refractivity contribution in [1.82, 2.24) is 5.32 Å². The average molecular weight is 275 g/mol. The van der Waals surface area contributed by atoms with Crippen LogP contribution in [-0.2, 0) is 0 Å². The molecule has 0 atom stereocenters. The summed E-state index contributed by atoms with van der Waals surface area (Å²) in [5.41, 5.74) is 1.22. The maximum absolute atomic E-state index is 5.52. The lowest BCUT2D eigenvalue weighted by Crippen LogP contribution is -2.35. The molecular formula is C17H25NO2. The molecule has 0 saturated carbocycles. The Balaban J connectivity index is 2.67. The molecule has 110 valence electrons. The molecule has 1 N–H and O–H groups in total. The zero-order valence-corrected chi connectivity index (χ0v) is 12.9. The van der Waals surface area contributed by atoms with Crippen molar-refractivity contribution in [2.45, 2.75) is 26.3 Å². The van der Waals surface area contributed by atoms with Crippen molar-refractivity contribution in [2.75, 3.05) is 20.3 Å². The summed E-state index contributed by atoms with van der Waals surface area (Å²) in [6, 6.07) is 5.89. The van der Waals surface area contributed by atoms with Crippen LogP contribution in [0.4, 0.5) is 0 Å². The summed E-state index contributed by atoms with van der Waals surface area (Å²) < 4.78 is 10.9. The number of rotatable bonds is 7. The zero-order chi connectivity index (χ0) is 15.0. The molecule has 0 aliphatic rings. The van der Waals surface area contributed by atoms with Crippen molar-refractivity contribution in [1.29, 1.82) is 0 Å². The summed E-state index contributed by atoms with van der Waals surface area (Å²) in [5.74, 6) is 1.47. The third kappa shape index (κ3) is 5.93. The lowest BCUT2D eigenvalue weighted by molar-refractivity contribution is 0.326. The SMILES string of the molecule is C=CCOc1ccc(C=CCNC(C)(C)C)cc1OC. The molecule has 1 aromatic carbocycles. The van der Waals surface area contributed by atoms with Gasteiger partial charge in [-0.1, -0.05) is 30.9 Å². The molecule has 1 rings (SSSR count). The summed E-state index contributed by atoms with van der Waals surface area (Å²) in [5, 5.41) is 3.41. The number of nitrogens with one attached hydrogen (secondary N) is 1. The minimum Gasteiger partial charge on any atom is -0.493 e. The molecule has 0 radical (unpaired) electrons. The number of hydrogen-bond donors (Lipinski definition) is 1. The van der Waals surface area contributed by atoms with Gasteiger partial charge >= 0.3 is 0 Å². The Bertz CT molecular complexity index is 459. The van der Waals surface area contributed by atoms with E-state index in [1.165, 1.54) is 0 Å². The average Bonchev–Trinajstić information content (AvgIpc) is 2.40. The van der Waals surface area contributed by atoms with Gasteiger partial charge < -0.3 is 14.8 Å². The Morgan fingerprint density at radius 1 is 1.25 bits per heavy atom. The Morgan fingerprint density at radius 3 is 2.60 bits per heavy atom. The van der Waals surface area contributed by atoms with Gasteiger partial charge in [-0.3, -0.25) is 0 Å². The zero-order valence-electron chi connectivity index (χ0n) is 12.9. The Kier molecular flexibility index (Phi) is 6.32. The molecule has 3 nitrogen and oxygen atoms in total. The van der Waals surface area contributed by atoms with Gasteiger partial charge in [0.05, 0.1) is 7.11 Å². The molecule has 0 unspecified atom stereocenters. The molecule has 0 saturated heterocycles. The van der Waals surface area contributed by atoms with E-state index < -0.39 is 0 Å². The van der Waals surface area contributed by atoms with E-state index in [9.17, 15) is 0 Å². The third-order valence-electron chi connectivity index (χ3n) is 2.60. The van der Waals surface area contributed by atoms with E-state index in [4.69, 9.17) is 9.47 Å². The molecular weight excluding hydrogens is 250 g/mol. The quantitative estimate of drug-likeness (QED) is 0.770. The molecule has 20 heavy (non-hydrogen) atoms. The predicted octanol–water partition coefficient (Wildman–Crippen LogP) is 3.66. The van der Waals surface area contributed by atoms with Gasteiger partial charge in [0.15, 0.2) is 11.5 Å². The molecule has 0 aromatic heterocycles. The Labute approximate surface area is 122 Å². The van der Waals surface area contributed by atoms with Crippen LogP contribution in [-0.4, -0.2) is 25.8 Å². The fourth-order valence-electron chi connectivity index (χ4n) is 1.62. The molecule has 1 aromatic rings. The molecule has 3 heteroatoms. The monoisotopic (exact) mass is 275 g/mol. The van der Waals surface area contributed by atoms with Gasteiger partial charge in [0.1, 0.15) is 6.61 Å². The van der Waals surface area contributed by atoms with Crippen LogP contribution >= 0.6 is 0 Å². The Morgan fingerprint density at radius 2 is 2.00 bits per heavy atom. The first-order chi connectivity index (χ1) is 9.46. The van der Waals surface area contributed by atoms with Gasteiger partial charge in [0.25, 0.3) is 0 Å². The summed E-state index contributed by atoms with van der Waals surface area (Å²) in [6.45, 7) is 11.4. The second-order valence-corrected chi connectivity index (χ2v) is 5.54. The van der Waals surface area contributed by atoms with Crippen LogP contribution in [0.25, 0.3) is 6.08 Å². The normalized spacial score (nSPS) is 11.6. The van der Waals surface area contributed by atoms with Gasteiger partial charge in [0.2, 0.25) is 0 Å². The van der Waals surface area contributed by atoms with Crippen LogP contribution < -0.4 is 14.8 Å². The summed E-state index contributed by atoms with van der Waals surface area (Å²) in [6.07, 6.45) is 5.88. The third-order valence-corrected chi connectivity index (χ3v) is 2.60. The van der Waals surface area contributed by atoms with Crippen molar-refractivity contribution in [3.8, 4) is 11.5 Å². The summed E-state index contributed by atoms with van der Waals surface area (Å²) in [4.78, 5) is 0. The second kappa shape index (κ2) is 7.75. The minimum atomic E-state index is 0.129. The van der Waals surface area contributed by atoms with E-state index in [0.29, 0.717) is 6.61 Å². The highest BCUT2D eigenvalue weighted by molar-refractivity contribution is 5.56. The van der Waals surface area contributed by atoms with Crippen LogP contribution in [0.1, 0.15) is 26.3 Å². The standard InChI is InChI=1S/C17H25NO2/c1-6-12-20-15-10-9-14(13-16(15)19-5)8-7-11-18-17(2,3)4/h6-10,13,18H,1,11-12H2,2-5H3. The lowest BCUT2D eigenvalue weighted by Gasteiger charge is -2.18. The van der Waals surface area contributed by atoms with Crippen LogP contribution in [0, 0.1) is 0 Å². The Hall–Kier alpha value is -1.74. The molecule has 0 heterocycles. The summed E-state index contributed by atoms with van der Waals surface area (Å²) >= 11 is 0. The highest BCUT2D eigenvalue weighted by Crippen LogP contribution is 2.28. The van der Waals surface area contributed by atoms with Gasteiger partial charge in [-0.15, -0.1) is 0 Å². The molecule has 0 fully saturated rings. The topological polar surface area (TPSA) is 30.5 Å². The van der Waals surface area contributed by atoms with E-state index >= 15 is 0 Å². The van der Waals surface area contributed by atoms with E-state index in [1.807, 2.05) is 18.2 Å². The molecule has 0 spiro atoms. The maximum Gasteiger partial charge on any atom is 0.161 e. The first-order valence-electron chi connectivity index (χ1n) is 6.79. The van der Waals surface area contributed by atoms with Gasteiger partial charge in [0, 0.05) is 12.1 Å². The molecule has 0 aliphatic carbocycles. The first-order valence-corrected chi connectivity index (χ1v) is 6.79. The number of benzene rings is 1. The van der Waals surface area contributed by atoms with Crippen LogP contribution in [0.3, 0.4) is 0 Å². The van der Waals surface area contributed by atoms with Crippen molar-refractivity contribution < 1.29 is 9.47 Å². The smallest absolute Gasteiger partial charge is 0.161 e. The van der Waals surface area contributed by atoms with E-state index in [2.05, 4.69) is 44.8 Å². The van der Waals surface area contributed by atoms with Crippen LogP contribution in [0.5, 0.6) is 11.5 Å². The van der Waals surface area contributed by atoms with Crippen molar-refractivity contribution in [2.24, 2.45) is 0 Å². The van der Waals surface area contributed by atoms with Crippen molar-refractivity contribution in [3.63, 3.8) is 0 Å². The largest absolute Gasteiger partial charge is 0.493 e. The highest BCUT2D eigenvalue weighted by atomic mass is 16.5. The fraction of sp³-hybridized carbons (Fsp3) is 0.412. The predicted molar refractivity (Wildman–Crippen MR) is 85.5 cm³/mol. The van der Waals surface area contributed by atoms with Gasteiger partial charge in [-0.05, 0) is 38.5 Å². The van der Waals surface area contributed by atoms with Crippen molar-refractivity contribution >= 4 is 6.08 Å². The lowest BCUT2D eigenvalue weighted by atomic mass is 10.1.